The van der Waals surface area contributed by atoms with Crippen molar-refractivity contribution in [3.8, 4) is 0 Å². The highest BCUT2D eigenvalue weighted by molar-refractivity contribution is 8.00. The third-order valence-electron chi connectivity index (χ3n) is 4.80. The molecule has 2 aliphatic rings. The minimum absolute atomic E-state index is 0.504. The highest BCUT2D eigenvalue weighted by Crippen LogP contribution is 2.50. The van der Waals surface area contributed by atoms with Crippen molar-refractivity contribution in [2.45, 2.75) is 47.7 Å². The Balaban J connectivity index is 1.47. The molecule has 3 nitrogen and oxygen atoms in total. The van der Waals surface area contributed by atoms with E-state index in [0.717, 1.165) is 48.4 Å². The van der Waals surface area contributed by atoms with Gasteiger partial charge in [0.1, 0.15) is 10.2 Å². The number of aromatic nitrogens is 2. The molecule has 4 rings (SSSR count). The molecular formula is C19H22ClN3S2. The van der Waals surface area contributed by atoms with Gasteiger partial charge < -0.3 is 0 Å². The molecule has 2 atom stereocenters. The summed E-state index contributed by atoms with van der Waals surface area (Å²) in [5.74, 6) is 1.54. The molecule has 3 heterocycles. The minimum Gasteiger partial charge on any atom is -0.298 e. The van der Waals surface area contributed by atoms with Crippen molar-refractivity contribution < 1.29 is 0 Å². The molecule has 1 fully saturated rings. The number of hydrogen-bond donors (Lipinski definition) is 0. The molecule has 1 saturated heterocycles. The van der Waals surface area contributed by atoms with Crippen molar-refractivity contribution in [2.24, 2.45) is 0 Å². The normalized spacial score (nSPS) is 22.6. The summed E-state index contributed by atoms with van der Waals surface area (Å²) < 4.78 is 0. The second-order valence-corrected chi connectivity index (χ2v) is 9.28. The molecule has 6 heteroatoms. The first-order chi connectivity index (χ1) is 12.2. The van der Waals surface area contributed by atoms with Crippen LogP contribution in [0.2, 0.25) is 5.15 Å². The van der Waals surface area contributed by atoms with Crippen LogP contribution in [0.4, 0.5) is 0 Å². The third kappa shape index (κ3) is 3.85. The van der Waals surface area contributed by atoms with Gasteiger partial charge in [0.05, 0.1) is 0 Å². The van der Waals surface area contributed by atoms with Gasteiger partial charge in [0.2, 0.25) is 0 Å². The quantitative estimate of drug-likeness (QED) is 0.402. The van der Waals surface area contributed by atoms with Crippen LogP contribution >= 0.6 is 35.1 Å². The topological polar surface area (TPSA) is 29.0 Å². The van der Waals surface area contributed by atoms with Crippen LogP contribution in [-0.2, 0) is 6.54 Å². The molecule has 0 radical (unpaired) electrons. The summed E-state index contributed by atoms with van der Waals surface area (Å²) in [6, 6.07) is 10.7. The fourth-order valence-electron chi connectivity index (χ4n) is 3.62. The van der Waals surface area contributed by atoms with Gasteiger partial charge in [0, 0.05) is 35.6 Å². The van der Waals surface area contributed by atoms with E-state index < -0.39 is 0 Å². The number of likely N-dealkylation sites (tertiary alicyclic amines) is 1. The van der Waals surface area contributed by atoms with Gasteiger partial charge >= 0.3 is 0 Å². The Bertz CT molecular complexity index is 741. The van der Waals surface area contributed by atoms with E-state index in [1.807, 2.05) is 11.8 Å². The molecule has 0 bridgehead atoms. The van der Waals surface area contributed by atoms with Crippen molar-refractivity contribution in [3.63, 3.8) is 0 Å². The molecule has 2 aliphatic heterocycles. The standard InChI is InChI=1S/C19H22ClN3S2/c1-2-10-24-19-21-17(20)16-14-8-9-23(11-13-6-4-3-5-7-13)12-15(14)25-18(16)22-19/h3-7,14-15H,2,8-12H2,1H3. The van der Waals surface area contributed by atoms with Crippen LogP contribution in [0, 0.1) is 0 Å². The summed E-state index contributed by atoms with van der Waals surface area (Å²) in [5, 5.41) is 3.18. The first kappa shape index (κ1) is 17.7. The fraction of sp³-hybridized carbons (Fsp3) is 0.474. The van der Waals surface area contributed by atoms with E-state index in [-0.39, 0.29) is 0 Å². The largest absolute Gasteiger partial charge is 0.298 e. The smallest absolute Gasteiger partial charge is 0.190 e. The number of halogens is 1. The van der Waals surface area contributed by atoms with Gasteiger partial charge in [-0.05, 0) is 24.9 Å². The maximum absolute atomic E-state index is 6.55. The molecule has 0 spiro atoms. The summed E-state index contributed by atoms with van der Waals surface area (Å²) in [4.78, 5) is 11.9. The summed E-state index contributed by atoms with van der Waals surface area (Å²) >= 11 is 10.2. The maximum atomic E-state index is 6.55. The summed E-state index contributed by atoms with van der Waals surface area (Å²) in [5.41, 5.74) is 2.59. The molecule has 0 amide bonds. The summed E-state index contributed by atoms with van der Waals surface area (Å²) in [7, 11) is 0. The van der Waals surface area contributed by atoms with E-state index in [1.54, 1.807) is 11.8 Å². The Morgan fingerprint density at radius 3 is 2.92 bits per heavy atom. The number of thioether (sulfide) groups is 2. The van der Waals surface area contributed by atoms with Crippen molar-refractivity contribution in [1.82, 2.24) is 14.9 Å². The molecule has 25 heavy (non-hydrogen) atoms. The van der Waals surface area contributed by atoms with Gasteiger partial charge in [0.15, 0.2) is 5.16 Å². The SMILES string of the molecule is CCCSc1nc(Cl)c2c(n1)SC1CN(Cc3ccccc3)CCC21. The number of fused-ring (bicyclic) bond motifs is 3. The van der Waals surface area contributed by atoms with Crippen molar-refractivity contribution >= 4 is 35.1 Å². The minimum atomic E-state index is 0.504. The Kier molecular flexibility index (Phi) is 5.56. The average molecular weight is 392 g/mol. The van der Waals surface area contributed by atoms with Gasteiger partial charge in [-0.1, -0.05) is 60.6 Å². The molecule has 0 aliphatic carbocycles. The molecule has 0 N–H and O–H groups in total. The van der Waals surface area contributed by atoms with Crippen LogP contribution in [0.5, 0.6) is 0 Å². The Hall–Kier alpha value is -0.750. The van der Waals surface area contributed by atoms with Crippen molar-refractivity contribution in [3.05, 3.63) is 46.6 Å². The van der Waals surface area contributed by atoms with Crippen molar-refractivity contribution in [2.75, 3.05) is 18.8 Å². The first-order valence-corrected chi connectivity index (χ1v) is 11.1. The fourth-order valence-corrected chi connectivity index (χ4v) is 6.32. The van der Waals surface area contributed by atoms with Crippen LogP contribution in [0.15, 0.2) is 40.5 Å². The van der Waals surface area contributed by atoms with E-state index in [1.165, 1.54) is 11.1 Å². The number of rotatable bonds is 5. The van der Waals surface area contributed by atoms with Crippen LogP contribution in [-0.4, -0.2) is 39.0 Å². The van der Waals surface area contributed by atoms with Crippen LogP contribution in [0.1, 0.15) is 36.8 Å². The predicted molar refractivity (Wildman–Crippen MR) is 107 cm³/mol. The van der Waals surface area contributed by atoms with E-state index in [9.17, 15) is 0 Å². The predicted octanol–water partition coefficient (Wildman–Crippen LogP) is 5.10. The Labute approximate surface area is 163 Å². The van der Waals surface area contributed by atoms with Gasteiger partial charge in [-0.25, -0.2) is 9.97 Å². The van der Waals surface area contributed by atoms with E-state index in [0.29, 0.717) is 16.3 Å². The lowest BCUT2D eigenvalue weighted by Crippen LogP contribution is -2.39. The lowest BCUT2D eigenvalue weighted by Gasteiger charge is -2.34. The molecule has 1 aromatic heterocycles. The highest BCUT2D eigenvalue weighted by Gasteiger charge is 2.40. The van der Waals surface area contributed by atoms with Crippen molar-refractivity contribution in [1.29, 1.82) is 0 Å². The third-order valence-corrected chi connectivity index (χ3v) is 7.46. The molecule has 1 aromatic carbocycles. The van der Waals surface area contributed by atoms with Gasteiger partial charge in [0.25, 0.3) is 0 Å². The lowest BCUT2D eigenvalue weighted by molar-refractivity contribution is 0.212. The second kappa shape index (κ2) is 7.87. The average Bonchev–Trinajstić information content (AvgIpc) is 2.98. The van der Waals surface area contributed by atoms with Crippen LogP contribution < -0.4 is 0 Å². The summed E-state index contributed by atoms with van der Waals surface area (Å²) in [6.07, 6.45) is 2.26. The highest BCUT2D eigenvalue weighted by atomic mass is 35.5. The zero-order chi connectivity index (χ0) is 17.2. The Morgan fingerprint density at radius 1 is 1.28 bits per heavy atom. The number of benzene rings is 1. The first-order valence-electron chi connectivity index (χ1n) is 8.87. The summed E-state index contributed by atoms with van der Waals surface area (Å²) in [6.45, 7) is 5.40. The monoisotopic (exact) mass is 391 g/mol. The number of piperidine rings is 1. The second-order valence-electron chi connectivity index (χ2n) is 6.64. The van der Waals surface area contributed by atoms with E-state index in [4.69, 9.17) is 16.6 Å². The van der Waals surface area contributed by atoms with Gasteiger partial charge in [-0.2, -0.15) is 0 Å². The van der Waals surface area contributed by atoms with Crippen LogP contribution in [0.25, 0.3) is 0 Å². The molecule has 132 valence electrons. The molecule has 2 aromatic rings. The van der Waals surface area contributed by atoms with E-state index >= 15 is 0 Å². The Morgan fingerprint density at radius 2 is 2.12 bits per heavy atom. The molecule has 2 unspecified atom stereocenters. The van der Waals surface area contributed by atoms with Gasteiger partial charge in [-0.3, -0.25) is 4.90 Å². The lowest BCUT2D eigenvalue weighted by atomic mass is 9.91. The molecular weight excluding hydrogens is 370 g/mol. The van der Waals surface area contributed by atoms with Crippen LogP contribution in [0.3, 0.4) is 0 Å². The van der Waals surface area contributed by atoms with E-state index in [2.05, 4.69) is 47.1 Å². The zero-order valence-electron chi connectivity index (χ0n) is 14.3. The number of hydrogen-bond acceptors (Lipinski definition) is 5. The zero-order valence-corrected chi connectivity index (χ0v) is 16.7. The number of nitrogens with zero attached hydrogens (tertiary/aromatic N) is 3. The molecule has 0 saturated carbocycles. The maximum Gasteiger partial charge on any atom is 0.190 e. The van der Waals surface area contributed by atoms with Gasteiger partial charge in [-0.15, -0.1) is 11.8 Å².